The predicted octanol–water partition coefficient (Wildman–Crippen LogP) is 2.68. The Morgan fingerprint density at radius 3 is 2.43 bits per heavy atom. The smallest absolute Gasteiger partial charge is 0.167 e. The highest BCUT2D eigenvalue weighted by molar-refractivity contribution is 5.56. The van der Waals surface area contributed by atoms with Gasteiger partial charge in [-0.3, -0.25) is 0 Å². The number of hydrogen-bond donors (Lipinski definition) is 2. The van der Waals surface area contributed by atoms with Gasteiger partial charge in [-0.25, -0.2) is 0 Å². The monoisotopic (exact) mass is 290 g/mol. The van der Waals surface area contributed by atoms with E-state index in [-0.39, 0.29) is 0 Å². The molecule has 116 valence electrons. The van der Waals surface area contributed by atoms with Crippen molar-refractivity contribution in [3.8, 4) is 6.07 Å². The number of aromatic nitrogens is 2. The number of nitrogens with zero attached hydrogens (tertiary/aromatic N) is 3. The molecular formula is C16H26N4O. The van der Waals surface area contributed by atoms with Gasteiger partial charge in [0.2, 0.25) is 0 Å². The highest BCUT2D eigenvalue weighted by Crippen LogP contribution is 2.22. The van der Waals surface area contributed by atoms with Crippen LogP contribution in [0.3, 0.4) is 0 Å². The molecule has 0 fully saturated rings. The van der Waals surface area contributed by atoms with Gasteiger partial charge in [0, 0.05) is 6.54 Å². The zero-order chi connectivity index (χ0) is 16.0. The van der Waals surface area contributed by atoms with E-state index in [1.165, 1.54) is 0 Å². The minimum atomic E-state index is -0.835. The number of aliphatic hydroxyl groups is 1. The van der Waals surface area contributed by atoms with Gasteiger partial charge in [0.05, 0.1) is 11.3 Å². The van der Waals surface area contributed by atoms with Crippen LogP contribution >= 0.6 is 0 Å². The summed E-state index contributed by atoms with van der Waals surface area (Å²) in [5.74, 6) is 0.868. The second kappa shape index (κ2) is 7.37. The van der Waals surface area contributed by atoms with E-state index >= 15 is 0 Å². The van der Waals surface area contributed by atoms with E-state index in [0.717, 1.165) is 24.1 Å². The summed E-state index contributed by atoms with van der Waals surface area (Å²) in [6.07, 6.45) is 2.19. The molecule has 5 heteroatoms. The molecule has 0 aliphatic rings. The maximum absolute atomic E-state index is 10.3. The van der Waals surface area contributed by atoms with Crippen molar-refractivity contribution in [2.45, 2.75) is 59.5 Å². The Labute approximate surface area is 127 Å². The van der Waals surface area contributed by atoms with Crippen LogP contribution in [-0.4, -0.2) is 27.4 Å². The summed E-state index contributed by atoms with van der Waals surface area (Å²) in [6, 6.07) is 2.22. The molecular weight excluding hydrogens is 264 g/mol. The standard InChI is InChI=1S/C16H26N4O/c1-6-12-13(9-17)15(20-19-14(12)7-2)18-10-16(5,21)8-11(3)4/h11,21H,6-8,10H2,1-5H3,(H,18,20). The fourth-order valence-corrected chi connectivity index (χ4v) is 2.64. The first-order valence-corrected chi connectivity index (χ1v) is 7.59. The summed E-state index contributed by atoms with van der Waals surface area (Å²) >= 11 is 0. The van der Waals surface area contributed by atoms with Crippen LogP contribution in [0, 0.1) is 17.2 Å². The van der Waals surface area contributed by atoms with Crippen molar-refractivity contribution in [1.29, 1.82) is 5.26 Å². The minimum Gasteiger partial charge on any atom is -0.388 e. The normalized spacial score (nSPS) is 13.8. The molecule has 0 radical (unpaired) electrons. The molecule has 21 heavy (non-hydrogen) atoms. The van der Waals surface area contributed by atoms with E-state index in [0.29, 0.717) is 30.3 Å². The van der Waals surface area contributed by atoms with Crippen LogP contribution in [0.1, 0.15) is 57.9 Å². The molecule has 5 nitrogen and oxygen atoms in total. The minimum absolute atomic E-state index is 0.350. The molecule has 0 aliphatic carbocycles. The lowest BCUT2D eigenvalue weighted by Gasteiger charge is -2.26. The maximum Gasteiger partial charge on any atom is 0.167 e. The van der Waals surface area contributed by atoms with E-state index in [1.54, 1.807) is 6.92 Å². The molecule has 0 bridgehead atoms. The number of anilines is 1. The van der Waals surface area contributed by atoms with Crippen LogP contribution in [0.2, 0.25) is 0 Å². The van der Waals surface area contributed by atoms with Crippen molar-refractivity contribution in [1.82, 2.24) is 10.2 Å². The molecule has 1 unspecified atom stereocenters. The first-order chi connectivity index (χ1) is 9.84. The molecule has 0 saturated heterocycles. The molecule has 1 aromatic heterocycles. The quantitative estimate of drug-likeness (QED) is 0.807. The van der Waals surface area contributed by atoms with Crippen LogP contribution in [0.4, 0.5) is 5.82 Å². The summed E-state index contributed by atoms with van der Waals surface area (Å²) in [7, 11) is 0. The van der Waals surface area contributed by atoms with Crippen molar-refractivity contribution in [3.05, 3.63) is 16.8 Å². The molecule has 1 atom stereocenters. The van der Waals surface area contributed by atoms with Crippen LogP contribution in [0.5, 0.6) is 0 Å². The lowest BCUT2D eigenvalue weighted by Crippen LogP contribution is -2.35. The third kappa shape index (κ3) is 4.68. The molecule has 0 spiro atoms. The summed E-state index contributed by atoms with van der Waals surface area (Å²) < 4.78 is 0. The number of nitriles is 1. The van der Waals surface area contributed by atoms with E-state index in [9.17, 15) is 10.4 Å². The third-order valence-electron chi connectivity index (χ3n) is 3.44. The second-order valence-corrected chi connectivity index (χ2v) is 6.12. The van der Waals surface area contributed by atoms with Gasteiger partial charge in [-0.1, -0.05) is 27.7 Å². The van der Waals surface area contributed by atoms with E-state index in [2.05, 4.69) is 35.4 Å². The van der Waals surface area contributed by atoms with Gasteiger partial charge in [0.15, 0.2) is 5.82 Å². The Morgan fingerprint density at radius 1 is 1.29 bits per heavy atom. The van der Waals surface area contributed by atoms with Crippen LogP contribution in [-0.2, 0) is 12.8 Å². The van der Waals surface area contributed by atoms with Crippen molar-refractivity contribution < 1.29 is 5.11 Å². The first kappa shape index (κ1) is 17.4. The van der Waals surface area contributed by atoms with Crippen molar-refractivity contribution in [2.24, 2.45) is 5.92 Å². The summed E-state index contributed by atoms with van der Waals surface area (Å²) in [5, 5.41) is 31.1. The van der Waals surface area contributed by atoms with Crippen molar-refractivity contribution >= 4 is 5.82 Å². The number of rotatable bonds is 7. The Hall–Kier alpha value is -1.67. The molecule has 1 aromatic rings. The predicted molar refractivity (Wildman–Crippen MR) is 84.1 cm³/mol. The zero-order valence-electron chi connectivity index (χ0n) is 13.7. The lowest BCUT2D eigenvalue weighted by atomic mass is 9.94. The van der Waals surface area contributed by atoms with Crippen LogP contribution in [0.25, 0.3) is 0 Å². The zero-order valence-corrected chi connectivity index (χ0v) is 13.7. The fraction of sp³-hybridized carbons (Fsp3) is 0.688. The van der Waals surface area contributed by atoms with E-state index < -0.39 is 5.60 Å². The van der Waals surface area contributed by atoms with Gasteiger partial charge in [0.25, 0.3) is 0 Å². The topological polar surface area (TPSA) is 81.8 Å². The van der Waals surface area contributed by atoms with Crippen LogP contribution in [0.15, 0.2) is 0 Å². The summed E-state index contributed by atoms with van der Waals surface area (Å²) in [4.78, 5) is 0. The largest absolute Gasteiger partial charge is 0.388 e. The highest BCUT2D eigenvalue weighted by atomic mass is 16.3. The number of hydrogen-bond acceptors (Lipinski definition) is 5. The molecule has 0 aliphatic heterocycles. The summed E-state index contributed by atoms with van der Waals surface area (Å²) in [6.45, 7) is 10.3. The average Bonchev–Trinajstić information content (AvgIpc) is 2.42. The maximum atomic E-state index is 10.3. The Balaban J connectivity index is 2.97. The molecule has 1 heterocycles. The van der Waals surface area contributed by atoms with Crippen molar-refractivity contribution in [2.75, 3.05) is 11.9 Å². The third-order valence-corrected chi connectivity index (χ3v) is 3.44. The van der Waals surface area contributed by atoms with Crippen LogP contribution < -0.4 is 5.32 Å². The van der Waals surface area contributed by atoms with Gasteiger partial charge in [-0.05, 0) is 37.7 Å². The number of aryl methyl sites for hydroxylation is 1. The Kier molecular flexibility index (Phi) is 6.10. The fourth-order valence-electron chi connectivity index (χ4n) is 2.64. The molecule has 0 saturated carbocycles. The SMILES string of the molecule is CCc1nnc(NCC(C)(O)CC(C)C)c(C#N)c1CC. The average molecular weight is 290 g/mol. The molecule has 0 aromatic carbocycles. The Morgan fingerprint density at radius 2 is 1.95 bits per heavy atom. The van der Waals surface area contributed by atoms with Gasteiger partial charge in [-0.15, -0.1) is 5.10 Å². The highest BCUT2D eigenvalue weighted by Gasteiger charge is 2.23. The Bertz CT molecular complexity index is 518. The van der Waals surface area contributed by atoms with E-state index in [1.807, 2.05) is 13.8 Å². The molecule has 1 rings (SSSR count). The second-order valence-electron chi connectivity index (χ2n) is 6.12. The molecule has 0 amide bonds. The lowest BCUT2D eigenvalue weighted by molar-refractivity contribution is 0.0514. The molecule has 2 N–H and O–H groups in total. The number of nitrogens with one attached hydrogen (secondary N) is 1. The van der Waals surface area contributed by atoms with Gasteiger partial charge < -0.3 is 10.4 Å². The van der Waals surface area contributed by atoms with Gasteiger partial charge in [-0.2, -0.15) is 10.4 Å². The van der Waals surface area contributed by atoms with Crippen molar-refractivity contribution in [3.63, 3.8) is 0 Å². The van der Waals surface area contributed by atoms with Gasteiger partial charge >= 0.3 is 0 Å². The van der Waals surface area contributed by atoms with Gasteiger partial charge in [0.1, 0.15) is 11.6 Å². The van der Waals surface area contributed by atoms with E-state index in [4.69, 9.17) is 0 Å². The summed E-state index contributed by atoms with van der Waals surface area (Å²) in [5.41, 5.74) is 1.53. The first-order valence-electron chi connectivity index (χ1n) is 7.59.